The molecule has 1 rings (SSSR count). The topological polar surface area (TPSA) is 49.3 Å². The summed E-state index contributed by atoms with van der Waals surface area (Å²) in [6, 6.07) is 3.90. The fourth-order valence-electron chi connectivity index (χ4n) is 1.32. The van der Waals surface area contributed by atoms with Crippen molar-refractivity contribution in [3.05, 3.63) is 34.6 Å². The molecule has 0 aromatic heterocycles. The molecule has 2 N–H and O–H groups in total. The molecule has 0 heterocycles. The number of halogens is 2. The molecular formula is C10H11ClFNO2. The van der Waals surface area contributed by atoms with Gasteiger partial charge in [0.2, 0.25) is 0 Å². The molecule has 0 radical (unpaired) electrons. The molecular weight excluding hydrogens is 221 g/mol. The fraction of sp³-hybridized carbons (Fsp3) is 0.300. The monoisotopic (exact) mass is 231 g/mol. The number of hydrogen-bond donors (Lipinski definition) is 2. The van der Waals surface area contributed by atoms with Crippen molar-refractivity contribution < 1.29 is 14.3 Å². The Bertz CT molecular complexity index is 370. The summed E-state index contributed by atoms with van der Waals surface area (Å²) in [4.78, 5) is 10.9. The minimum Gasteiger partial charge on any atom is -0.481 e. The molecule has 3 nitrogen and oxygen atoms in total. The first-order valence-electron chi connectivity index (χ1n) is 4.38. The molecule has 82 valence electrons. The molecule has 0 saturated carbocycles. The number of hydrogen-bond acceptors (Lipinski definition) is 2. The van der Waals surface area contributed by atoms with Crippen molar-refractivity contribution in [2.75, 3.05) is 13.6 Å². The summed E-state index contributed by atoms with van der Waals surface area (Å²) in [6.45, 7) is 0.159. The number of likely N-dealkylation sites (N-methyl/N-ethyl adjacent to an activating group) is 1. The van der Waals surface area contributed by atoms with E-state index in [0.29, 0.717) is 5.02 Å². The van der Waals surface area contributed by atoms with E-state index < -0.39 is 17.7 Å². The van der Waals surface area contributed by atoms with E-state index in [9.17, 15) is 9.18 Å². The second-order valence-electron chi connectivity index (χ2n) is 3.11. The highest BCUT2D eigenvalue weighted by atomic mass is 35.5. The van der Waals surface area contributed by atoms with E-state index in [1.165, 1.54) is 18.2 Å². The molecule has 1 aromatic carbocycles. The molecule has 0 amide bonds. The summed E-state index contributed by atoms with van der Waals surface area (Å²) in [5.74, 6) is -2.55. The summed E-state index contributed by atoms with van der Waals surface area (Å²) in [5.41, 5.74) is 0.101. The van der Waals surface area contributed by atoms with Gasteiger partial charge in [0, 0.05) is 17.1 Å². The van der Waals surface area contributed by atoms with Gasteiger partial charge in [-0.1, -0.05) is 11.6 Å². The lowest BCUT2D eigenvalue weighted by molar-refractivity contribution is -0.138. The van der Waals surface area contributed by atoms with E-state index in [-0.39, 0.29) is 12.1 Å². The number of rotatable bonds is 4. The highest BCUT2D eigenvalue weighted by Crippen LogP contribution is 2.22. The van der Waals surface area contributed by atoms with E-state index >= 15 is 0 Å². The third kappa shape index (κ3) is 2.91. The molecule has 0 bridgehead atoms. The smallest absolute Gasteiger partial charge is 0.312 e. The van der Waals surface area contributed by atoms with Gasteiger partial charge >= 0.3 is 5.97 Å². The van der Waals surface area contributed by atoms with Crippen molar-refractivity contribution in [3.8, 4) is 0 Å². The van der Waals surface area contributed by atoms with Crippen molar-refractivity contribution in [3.63, 3.8) is 0 Å². The Kier molecular flexibility index (Phi) is 4.05. The van der Waals surface area contributed by atoms with Crippen LogP contribution in [-0.4, -0.2) is 24.7 Å². The molecule has 1 aromatic rings. The molecule has 0 aliphatic rings. The van der Waals surface area contributed by atoms with Crippen molar-refractivity contribution in [2.45, 2.75) is 5.92 Å². The number of aliphatic carboxylic acids is 1. The van der Waals surface area contributed by atoms with Crippen LogP contribution < -0.4 is 5.32 Å². The van der Waals surface area contributed by atoms with Crippen molar-refractivity contribution in [1.82, 2.24) is 5.32 Å². The molecule has 0 fully saturated rings. The third-order valence-electron chi connectivity index (χ3n) is 2.04. The van der Waals surface area contributed by atoms with E-state index in [1.54, 1.807) is 7.05 Å². The number of carboxylic acid groups (broad SMARTS) is 1. The Hall–Kier alpha value is -1.13. The van der Waals surface area contributed by atoms with Crippen LogP contribution in [0.2, 0.25) is 5.02 Å². The Morgan fingerprint density at radius 2 is 2.33 bits per heavy atom. The summed E-state index contributed by atoms with van der Waals surface area (Å²) < 4.78 is 13.4. The fourth-order valence-corrected chi connectivity index (χ4v) is 1.50. The van der Waals surface area contributed by atoms with E-state index in [2.05, 4.69) is 5.32 Å². The highest BCUT2D eigenvalue weighted by molar-refractivity contribution is 6.30. The van der Waals surface area contributed by atoms with Gasteiger partial charge in [0.25, 0.3) is 0 Å². The zero-order chi connectivity index (χ0) is 11.4. The van der Waals surface area contributed by atoms with Crippen molar-refractivity contribution >= 4 is 17.6 Å². The number of nitrogens with one attached hydrogen (secondary N) is 1. The first kappa shape index (κ1) is 11.9. The summed E-state index contributed by atoms with van der Waals surface area (Å²) >= 11 is 5.69. The molecule has 0 aliphatic carbocycles. The molecule has 0 saturated heterocycles. The van der Waals surface area contributed by atoms with Crippen LogP contribution >= 0.6 is 11.6 Å². The van der Waals surface area contributed by atoms with Gasteiger partial charge in [-0.3, -0.25) is 4.79 Å². The van der Waals surface area contributed by atoms with Crippen molar-refractivity contribution in [1.29, 1.82) is 0 Å². The van der Waals surface area contributed by atoms with Gasteiger partial charge in [-0.2, -0.15) is 0 Å². The largest absolute Gasteiger partial charge is 0.481 e. The minimum absolute atomic E-state index is 0.101. The van der Waals surface area contributed by atoms with Crippen molar-refractivity contribution in [2.24, 2.45) is 0 Å². The first-order chi connectivity index (χ1) is 7.06. The molecule has 0 spiro atoms. The maximum absolute atomic E-state index is 13.4. The van der Waals surface area contributed by atoms with Gasteiger partial charge in [-0.25, -0.2) is 4.39 Å². The summed E-state index contributed by atoms with van der Waals surface area (Å²) in [6.07, 6.45) is 0. The lowest BCUT2D eigenvalue weighted by Crippen LogP contribution is -2.24. The Balaban J connectivity index is 3.09. The summed E-state index contributed by atoms with van der Waals surface area (Å²) in [7, 11) is 1.61. The second-order valence-corrected chi connectivity index (χ2v) is 3.55. The second kappa shape index (κ2) is 5.09. The zero-order valence-electron chi connectivity index (χ0n) is 8.13. The van der Waals surface area contributed by atoms with Gasteiger partial charge < -0.3 is 10.4 Å². The first-order valence-corrected chi connectivity index (χ1v) is 4.76. The molecule has 1 unspecified atom stereocenters. The van der Waals surface area contributed by atoms with Gasteiger partial charge in [-0.05, 0) is 25.2 Å². The zero-order valence-corrected chi connectivity index (χ0v) is 8.88. The van der Waals surface area contributed by atoms with Gasteiger partial charge in [0.15, 0.2) is 0 Å². The Labute approximate surface area is 91.9 Å². The maximum Gasteiger partial charge on any atom is 0.312 e. The quantitative estimate of drug-likeness (QED) is 0.832. The van der Waals surface area contributed by atoms with Gasteiger partial charge in [0.05, 0.1) is 5.92 Å². The predicted molar refractivity (Wildman–Crippen MR) is 55.7 cm³/mol. The highest BCUT2D eigenvalue weighted by Gasteiger charge is 2.22. The van der Waals surface area contributed by atoms with Crippen LogP contribution in [0.4, 0.5) is 4.39 Å². The Morgan fingerprint density at radius 3 is 2.87 bits per heavy atom. The normalized spacial score (nSPS) is 12.5. The van der Waals surface area contributed by atoms with Gasteiger partial charge in [-0.15, -0.1) is 0 Å². The van der Waals surface area contributed by atoms with E-state index in [4.69, 9.17) is 16.7 Å². The van der Waals surface area contributed by atoms with Crippen LogP contribution in [0.1, 0.15) is 11.5 Å². The summed E-state index contributed by atoms with van der Waals surface area (Å²) in [5, 5.41) is 12.0. The maximum atomic E-state index is 13.4. The van der Waals surface area contributed by atoms with Crippen LogP contribution in [0, 0.1) is 5.82 Å². The lowest BCUT2D eigenvalue weighted by atomic mass is 9.99. The standard InChI is InChI=1S/C10H11ClFNO2/c1-13-5-8(10(14)15)7-4-6(11)2-3-9(7)12/h2-4,8,13H,5H2,1H3,(H,14,15). The average Bonchev–Trinajstić information content (AvgIpc) is 2.18. The lowest BCUT2D eigenvalue weighted by Gasteiger charge is -2.13. The average molecular weight is 232 g/mol. The van der Waals surface area contributed by atoms with Crippen LogP contribution in [0.25, 0.3) is 0 Å². The SMILES string of the molecule is CNCC(C(=O)O)c1cc(Cl)ccc1F. The van der Waals surface area contributed by atoms with Gasteiger partial charge in [0.1, 0.15) is 5.82 Å². The van der Waals surface area contributed by atoms with Crippen LogP contribution in [0.5, 0.6) is 0 Å². The Morgan fingerprint density at radius 1 is 1.67 bits per heavy atom. The van der Waals surface area contributed by atoms with E-state index in [0.717, 1.165) is 0 Å². The number of carbonyl (C=O) groups is 1. The van der Waals surface area contributed by atoms with E-state index in [1.807, 2.05) is 0 Å². The third-order valence-corrected chi connectivity index (χ3v) is 2.27. The molecule has 0 aliphatic heterocycles. The molecule has 15 heavy (non-hydrogen) atoms. The number of carboxylic acids is 1. The van der Waals surface area contributed by atoms with Crippen LogP contribution in [0.3, 0.4) is 0 Å². The van der Waals surface area contributed by atoms with Crippen LogP contribution in [0.15, 0.2) is 18.2 Å². The minimum atomic E-state index is -1.08. The number of benzene rings is 1. The molecule has 1 atom stereocenters. The van der Waals surface area contributed by atoms with Crippen LogP contribution in [-0.2, 0) is 4.79 Å². The molecule has 5 heteroatoms. The predicted octanol–water partition coefficient (Wildman–Crippen LogP) is 1.87.